The molecule has 3 atom stereocenters. The Hall–Kier alpha value is -2.76. The molecule has 0 spiro atoms. The minimum Gasteiger partial charge on any atom is -0.487 e. The largest absolute Gasteiger partial charge is 0.487 e. The van der Waals surface area contributed by atoms with Crippen molar-refractivity contribution in [1.82, 2.24) is 14.9 Å². The summed E-state index contributed by atoms with van der Waals surface area (Å²) >= 11 is 0. The van der Waals surface area contributed by atoms with E-state index in [-0.39, 0.29) is 5.92 Å². The van der Waals surface area contributed by atoms with Crippen LogP contribution in [0.1, 0.15) is 35.4 Å². The second kappa shape index (κ2) is 8.40. The smallest absolute Gasteiger partial charge is 0.130 e. The van der Waals surface area contributed by atoms with Crippen molar-refractivity contribution in [2.24, 2.45) is 11.8 Å². The topological polar surface area (TPSA) is 58.5 Å². The van der Waals surface area contributed by atoms with Gasteiger partial charge in [0.15, 0.2) is 0 Å². The van der Waals surface area contributed by atoms with E-state index in [4.69, 9.17) is 4.74 Å². The molecule has 2 fully saturated rings. The Morgan fingerprint density at radius 2 is 2.03 bits per heavy atom. The minimum atomic E-state index is -0.805. The van der Waals surface area contributed by atoms with Gasteiger partial charge in [-0.25, -0.2) is 0 Å². The Balaban J connectivity index is 1.23. The maximum atomic E-state index is 11.5. The van der Waals surface area contributed by atoms with Crippen LogP contribution in [0.5, 0.6) is 5.75 Å². The van der Waals surface area contributed by atoms with Crippen LogP contribution in [0.3, 0.4) is 0 Å². The van der Waals surface area contributed by atoms with Crippen molar-refractivity contribution in [3.8, 4) is 5.75 Å². The van der Waals surface area contributed by atoms with Gasteiger partial charge in [0.2, 0.25) is 0 Å². The molecule has 1 N–H and O–H groups in total. The highest BCUT2D eigenvalue weighted by molar-refractivity contribution is 5.29. The van der Waals surface area contributed by atoms with Crippen molar-refractivity contribution in [2.45, 2.75) is 38.5 Å². The number of fused-ring (bicyclic) bond motifs is 1. The van der Waals surface area contributed by atoms with E-state index >= 15 is 0 Å². The van der Waals surface area contributed by atoms with Crippen LogP contribution in [0.15, 0.2) is 67.0 Å². The summed E-state index contributed by atoms with van der Waals surface area (Å²) in [5.74, 6) is 1.63. The fourth-order valence-electron chi connectivity index (χ4n) is 5.19. The van der Waals surface area contributed by atoms with Crippen molar-refractivity contribution in [2.75, 3.05) is 13.1 Å². The van der Waals surface area contributed by atoms with E-state index in [0.29, 0.717) is 12.5 Å². The molecule has 2 aromatic heterocycles. The molecule has 5 heteroatoms. The maximum absolute atomic E-state index is 11.5. The van der Waals surface area contributed by atoms with Gasteiger partial charge < -0.3 is 9.84 Å². The number of aliphatic hydroxyl groups is 1. The molecule has 0 radical (unpaired) electrons. The summed E-state index contributed by atoms with van der Waals surface area (Å²) in [7, 11) is 0. The van der Waals surface area contributed by atoms with Crippen LogP contribution in [0, 0.1) is 18.8 Å². The van der Waals surface area contributed by atoms with Crippen LogP contribution < -0.4 is 4.74 Å². The normalized spacial score (nSPS) is 25.5. The van der Waals surface area contributed by atoms with E-state index in [0.717, 1.165) is 55.2 Å². The predicted octanol–water partition coefficient (Wildman–Crippen LogP) is 4.09. The number of rotatable bonds is 6. The van der Waals surface area contributed by atoms with E-state index < -0.39 is 5.60 Å². The number of benzene rings is 1. The summed E-state index contributed by atoms with van der Waals surface area (Å²) in [6, 6.07) is 18.2. The average Bonchev–Trinajstić information content (AvgIpc) is 3.34. The number of hydrogen-bond donors (Lipinski definition) is 1. The first-order valence-corrected chi connectivity index (χ1v) is 11.1. The Labute approximate surface area is 183 Å². The first kappa shape index (κ1) is 20.2. The summed E-state index contributed by atoms with van der Waals surface area (Å²) in [6.45, 7) is 5.29. The van der Waals surface area contributed by atoms with Gasteiger partial charge in [-0.2, -0.15) is 0 Å². The number of likely N-dealkylation sites (tertiary alicyclic amines) is 1. The molecule has 0 bridgehead atoms. The third-order valence-corrected chi connectivity index (χ3v) is 6.80. The van der Waals surface area contributed by atoms with Gasteiger partial charge in [-0.3, -0.25) is 14.9 Å². The second-order valence-electron chi connectivity index (χ2n) is 9.00. The summed E-state index contributed by atoms with van der Waals surface area (Å²) in [5.41, 5.74) is 3.30. The van der Waals surface area contributed by atoms with Gasteiger partial charge in [-0.05, 0) is 67.1 Å². The van der Waals surface area contributed by atoms with Crippen LogP contribution in [-0.4, -0.2) is 33.1 Å². The number of nitrogens with zero attached hydrogens (tertiary/aromatic N) is 3. The Morgan fingerprint density at radius 3 is 2.84 bits per heavy atom. The lowest BCUT2D eigenvalue weighted by Gasteiger charge is -2.30. The van der Waals surface area contributed by atoms with Gasteiger partial charge in [0.25, 0.3) is 0 Å². The lowest BCUT2D eigenvalue weighted by molar-refractivity contribution is -0.0108. The van der Waals surface area contributed by atoms with Crippen molar-refractivity contribution >= 4 is 0 Å². The molecule has 1 aliphatic carbocycles. The summed E-state index contributed by atoms with van der Waals surface area (Å²) in [4.78, 5) is 11.3. The van der Waals surface area contributed by atoms with E-state index in [1.807, 2.05) is 49.5 Å². The van der Waals surface area contributed by atoms with Crippen molar-refractivity contribution in [1.29, 1.82) is 0 Å². The monoisotopic (exact) mass is 415 g/mol. The lowest BCUT2D eigenvalue weighted by Crippen LogP contribution is -2.35. The van der Waals surface area contributed by atoms with Crippen LogP contribution in [-0.2, 0) is 18.8 Å². The number of aromatic nitrogens is 2. The molecule has 2 aliphatic rings. The molecule has 0 amide bonds. The maximum Gasteiger partial charge on any atom is 0.130 e. The third kappa shape index (κ3) is 4.21. The molecule has 160 valence electrons. The van der Waals surface area contributed by atoms with Gasteiger partial charge in [0.05, 0.1) is 11.4 Å². The van der Waals surface area contributed by atoms with Gasteiger partial charge in [-0.15, -0.1) is 0 Å². The molecule has 0 unspecified atom stereocenters. The summed E-state index contributed by atoms with van der Waals surface area (Å²) in [6.07, 6.45) is 5.51. The molecule has 1 aromatic carbocycles. The second-order valence-corrected chi connectivity index (χ2v) is 9.00. The quantitative estimate of drug-likeness (QED) is 0.657. The van der Waals surface area contributed by atoms with E-state index in [2.05, 4.69) is 33.1 Å². The number of pyridine rings is 2. The highest BCUT2D eigenvalue weighted by Crippen LogP contribution is 2.50. The van der Waals surface area contributed by atoms with Crippen LogP contribution in [0.4, 0.5) is 0 Å². The molecular formula is C26H29N3O2. The van der Waals surface area contributed by atoms with E-state index in [1.165, 1.54) is 5.56 Å². The standard InChI is InChI=1S/C26H29N3O2/c1-19-8-9-25(28-14-19)26(30)11-10-21-16-29(17-24(21)26)15-20-5-4-7-23(13-20)31-18-22-6-2-3-12-27-22/h2-9,12-14,21,24,30H,10-11,15-18H2,1H3/t21-,24+,26-/m1/s1. The van der Waals surface area contributed by atoms with E-state index in [9.17, 15) is 5.11 Å². The average molecular weight is 416 g/mol. The fourth-order valence-corrected chi connectivity index (χ4v) is 5.19. The fraction of sp³-hybridized carbons (Fsp3) is 0.385. The number of aryl methyl sites for hydroxylation is 1. The van der Waals surface area contributed by atoms with Crippen LogP contribution in [0.2, 0.25) is 0 Å². The SMILES string of the molecule is Cc1ccc([C@@]2(O)CC[C@@H]3CN(Cc4cccc(OCc5ccccn5)c4)C[C@@H]32)nc1. The molecule has 1 aliphatic heterocycles. The zero-order chi connectivity index (χ0) is 21.3. The van der Waals surface area contributed by atoms with Gasteiger partial charge in [-0.1, -0.05) is 24.3 Å². The zero-order valence-electron chi connectivity index (χ0n) is 17.9. The first-order chi connectivity index (χ1) is 15.1. The van der Waals surface area contributed by atoms with Crippen molar-refractivity contribution in [3.05, 3.63) is 89.5 Å². The predicted molar refractivity (Wildman–Crippen MR) is 119 cm³/mol. The summed E-state index contributed by atoms with van der Waals surface area (Å²) < 4.78 is 5.94. The van der Waals surface area contributed by atoms with Gasteiger partial charge >= 0.3 is 0 Å². The molecule has 31 heavy (non-hydrogen) atoms. The van der Waals surface area contributed by atoms with Crippen molar-refractivity contribution in [3.63, 3.8) is 0 Å². The van der Waals surface area contributed by atoms with Gasteiger partial charge in [0.1, 0.15) is 18.0 Å². The molecule has 1 saturated carbocycles. The lowest BCUT2D eigenvalue weighted by atomic mass is 9.85. The summed E-state index contributed by atoms with van der Waals surface area (Å²) in [5, 5.41) is 11.5. The minimum absolute atomic E-state index is 0.242. The Kier molecular flexibility index (Phi) is 5.47. The van der Waals surface area contributed by atoms with Crippen LogP contribution >= 0.6 is 0 Å². The molecule has 1 saturated heterocycles. The van der Waals surface area contributed by atoms with Gasteiger partial charge in [0, 0.05) is 37.9 Å². The molecule has 5 rings (SSSR count). The number of hydrogen-bond acceptors (Lipinski definition) is 5. The Morgan fingerprint density at radius 1 is 1.10 bits per heavy atom. The van der Waals surface area contributed by atoms with E-state index in [1.54, 1.807) is 6.20 Å². The van der Waals surface area contributed by atoms with Crippen molar-refractivity contribution < 1.29 is 9.84 Å². The molecule has 3 heterocycles. The molecule has 3 aromatic rings. The number of ether oxygens (including phenoxy) is 1. The zero-order valence-corrected chi connectivity index (χ0v) is 17.9. The third-order valence-electron chi connectivity index (χ3n) is 6.80. The highest BCUT2D eigenvalue weighted by Gasteiger charge is 2.52. The first-order valence-electron chi connectivity index (χ1n) is 11.1. The molecular weight excluding hydrogens is 386 g/mol. The van der Waals surface area contributed by atoms with Crippen LogP contribution in [0.25, 0.3) is 0 Å². The highest BCUT2D eigenvalue weighted by atomic mass is 16.5. The molecule has 5 nitrogen and oxygen atoms in total. The Bertz CT molecular complexity index is 1020.